The van der Waals surface area contributed by atoms with E-state index < -0.39 is 0 Å². The van der Waals surface area contributed by atoms with Gasteiger partial charge >= 0.3 is 0 Å². The van der Waals surface area contributed by atoms with Crippen LogP contribution in [0.25, 0.3) is 0 Å². The molecule has 1 N–H and O–H groups in total. The van der Waals surface area contributed by atoms with Crippen molar-refractivity contribution in [3.63, 3.8) is 0 Å². The molecule has 0 spiro atoms. The van der Waals surface area contributed by atoms with Gasteiger partial charge in [-0.3, -0.25) is 0 Å². The van der Waals surface area contributed by atoms with E-state index in [4.69, 9.17) is 4.42 Å². The van der Waals surface area contributed by atoms with Crippen LogP contribution in [0.3, 0.4) is 0 Å². The molecule has 0 bridgehead atoms. The fraction of sp³-hybridized carbons (Fsp3) is 0.667. The highest BCUT2D eigenvalue weighted by molar-refractivity contribution is 5.09. The SMILES string of the molecule is CCCCNC(C)c1ccc(CC)o1. The van der Waals surface area contributed by atoms with Gasteiger partial charge in [-0.2, -0.15) is 0 Å². The van der Waals surface area contributed by atoms with Gasteiger partial charge in [0.2, 0.25) is 0 Å². The van der Waals surface area contributed by atoms with Crippen molar-refractivity contribution >= 4 is 0 Å². The Morgan fingerprint density at radius 3 is 2.71 bits per heavy atom. The second-order valence-corrected chi connectivity index (χ2v) is 3.69. The van der Waals surface area contributed by atoms with Gasteiger partial charge in [0, 0.05) is 6.42 Å². The maximum atomic E-state index is 5.66. The molecule has 0 aliphatic rings. The summed E-state index contributed by atoms with van der Waals surface area (Å²) in [6.45, 7) is 7.53. The molecular weight excluding hydrogens is 174 g/mol. The Morgan fingerprint density at radius 1 is 1.36 bits per heavy atom. The Bertz CT molecular complexity index is 255. The van der Waals surface area contributed by atoms with Crippen molar-refractivity contribution in [1.29, 1.82) is 0 Å². The minimum absolute atomic E-state index is 0.335. The van der Waals surface area contributed by atoms with E-state index in [2.05, 4.69) is 38.2 Å². The van der Waals surface area contributed by atoms with Crippen molar-refractivity contribution in [1.82, 2.24) is 5.32 Å². The van der Waals surface area contributed by atoms with Crippen molar-refractivity contribution in [2.75, 3.05) is 6.54 Å². The zero-order chi connectivity index (χ0) is 10.4. The molecule has 2 heteroatoms. The number of furan rings is 1. The van der Waals surface area contributed by atoms with Crippen LogP contribution in [-0.2, 0) is 6.42 Å². The largest absolute Gasteiger partial charge is 0.464 e. The first kappa shape index (κ1) is 11.3. The molecule has 2 nitrogen and oxygen atoms in total. The number of nitrogens with one attached hydrogen (secondary N) is 1. The summed E-state index contributed by atoms with van der Waals surface area (Å²) in [4.78, 5) is 0. The van der Waals surface area contributed by atoms with Gasteiger partial charge in [0.25, 0.3) is 0 Å². The molecule has 0 fully saturated rings. The lowest BCUT2D eigenvalue weighted by molar-refractivity contribution is 0.407. The highest BCUT2D eigenvalue weighted by atomic mass is 16.3. The maximum Gasteiger partial charge on any atom is 0.120 e. The second-order valence-electron chi connectivity index (χ2n) is 3.69. The van der Waals surface area contributed by atoms with Crippen molar-refractivity contribution in [2.45, 2.75) is 46.1 Å². The molecule has 80 valence electrons. The van der Waals surface area contributed by atoms with Crippen molar-refractivity contribution in [3.8, 4) is 0 Å². The van der Waals surface area contributed by atoms with Crippen LogP contribution in [0.15, 0.2) is 16.5 Å². The second kappa shape index (κ2) is 5.86. The number of unbranched alkanes of at least 4 members (excludes halogenated alkanes) is 1. The Kier molecular flexibility index (Phi) is 4.74. The van der Waals surface area contributed by atoms with E-state index in [0.717, 1.165) is 24.5 Å². The highest BCUT2D eigenvalue weighted by Gasteiger charge is 2.08. The summed E-state index contributed by atoms with van der Waals surface area (Å²) in [5.74, 6) is 2.13. The van der Waals surface area contributed by atoms with E-state index in [0.29, 0.717) is 6.04 Å². The fourth-order valence-corrected chi connectivity index (χ4v) is 1.41. The highest BCUT2D eigenvalue weighted by Crippen LogP contribution is 2.16. The van der Waals surface area contributed by atoms with Crippen molar-refractivity contribution in [3.05, 3.63) is 23.7 Å². The summed E-state index contributed by atoms with van der Waals surface area (Å²) >= 11 is 0. The quantitative estimate of drug-likeness (QED) is 0.705. The number of rotatable bonds is 6. The summed E-state index contributed by atoms with van der Waals surface area (Å²) in [6.07, 6.45) is 3.44. The lowest BCUT2D eigenvalue weighted by Gasteiger charge is -2.10. The lowest BCUT2D eigenvalue weighted by Crippen LogP contribution is -2.19. The van der Waals surface area contributed by atoms with Gasteiger partial charge in [-0.1, -0.05) is 20.3 Å². The molecule has 1 heterocycles. The van der Waals surface area contributed by atoms with Crippen LogP contribution < -0.4 is 5.32 Å². The number of hydrogen-bond acceptors (Lipinski definition) is 2. The lowest BCUT2D eigenvalue weighted by atomic mass is 10.2. The molecule has 0 aromatic carbocycles. The van der Waals surface area contributed by atoms with E-state index in [1.807, 2.05) is 0 Å². The Labute approximate surface area is 86.7 Å². The molecule has 1 rings (SSSR count). The van der Waals surface area contributed by atoms with Crippen LogP contribution in [-0.4, -0.2) is 6.54 Å². The van der Waals surface area contributed by atoms with Crippen LogP contribution >= 0.6 is 0 Å². The normalized spacial score (nSPS) is 13.1. The Balaban J connectivity index is 2.39. The topological polar surface area (TPSA) is 25.2 Å². The summed E-state index contributed by atoms with van der Waals surface area (Å²) in [6, 6.07) is 4.47. The Hall–Kier alpha value is -0.760. The summed E-state index contributed by atoms with van der Waals surface area (Å²) in [7, 11) is 0. The van der Waals surface area contributed by atoms with Crippen LogP contribution in [0.2, 0.25) is 0 Å². The third kappa shape index (κ3) is 3.18. The minimum Gasteiger partial charge on any atom is -0.464 e. The summed E-state index contributed by atoms with van der Waals surface area (Å²) < 4.78 is 5.66. The monoisotopic (exact) mass is 195 g/mol. The molecule has 0 aliphatic heterocycles. The molecule has 0 radical (unpaired) electrons. The molecule has 1 aromatic rings. The number of aryl methyl sites for hydroxylation is 1. The zero-order valence-electron chi connectivity index (χ0n) is 9.47. The van der Waals surface area contributed by atoms with Crippen LogP contribution in [0.4, 0.5) is 0 Å². The van der Waals surface area contributed by atoms with E-state index in [-0.39, 0.29) is 0 Å². The number of hydrogen-bond donors (Lipinski definition) is 1. The third-order valence-corrected chi connectivity index (χ3v) is 2.44. The van der Waals surface area contributed by atoms with Crippen LogP contribution in [0, 0.1) is 0 Å². The van der Waals surface area contributed by atoms with Gasteiger partial charge in [0.15, 0.2) is 0 Å². The van der Waals surface area contributed by atoms with E-state index in [1.165, 1.54) is 12.8 Å². The minimum atomic E-state index is 0.335. The van der Waals surface area contributed by atoms with E-state index >= 15 is 0 Å². The van der Waals surface area contributed by atoms with E-state index in [9.17, 15) is 0 Å². The fourth-order valence-electron chi connectivity index (χ4n) is 1.41. The molecule has 1 aromatic heterocycles. The average molecular weight is 195 g/mol. The maximum absolute atomic E-state index is 5.66. The first-order valence-electron chi connectivity index (χ1n) is 5.59. The molecule has 14 heavy (non-hydrogen) atoms. The first-order chi connectivity index (χ1) is 6.77. The predicted molar refractivity (Wildman–Crippen MR) is 59.4 cm³/mol. The first-order valence-corrected chi connectivity index (χ1v) is 5.59. The molecule has 0 saturated carbocycles. The zero-order valence-corrected chi connectivity index (χ0v) is 9.47. The standard InChI is InChI=1S/C12H21NO/c1-4-6-9-13-10(3)12-8-7-11(5-2)14-12/h7-8,10,13H,4-6,9H2,1-3H3. The summed E-state index contributed by atoms with van der Waals surface area (Å²) in [5.41, 5.74) is 0. The molecule has 0 aliphatic carbocycles. The van der Waals surface area contributed by atoms with Gasteiger partial charge < -0.3 is 9.73 Å². The molecular formula is C12H21NO. The molecule has 0 amide bonds. The Morgan fingerprint density at radius 2 is 2.14 bits per heavy atom. The predicted octanol–water partition coefficient (Wildman–Crippen LogP) is 3.29. The summed E-state index contributed by atoms with van der Waals surface area (Å²) in [5, 5.41) is 3.44. The third-order valence-electron chi connectivity index (χ3n) is 2.44. The average Bonchev–Trinajstić information content (AvgIpc) is 2.66. The van der Waals surface area contributed by atoms with Gasteiger partial charge in [0.05, 0.1) is 6.04 Å². The van der Waals surface area contributed by atoms with Crippen molar-refractivity contribution < 1.29 is 4.42 Å². The smallest absolute Gasteiger partial charge is 0.120 e. The molecule has 0 saturated heterocycles. The van der Waals surface area contributed by atoms with Gasteiger partial charge in [0.1, 0.15) is 11.5 Å². The van der Waals surface area contributed by atoms with Gasteiger partial charge in [-0.05, 0) is 32.0 Å². The molecule has 1 atom stereocenters. The van der Waals surface area contributed by atoms with Crippen LogP contribution in [0.1, 0.15) is 51.2 Å². The van der Waals surface area contributed by atoms with Crippen LogP contribution in [0.5, 0.6) is 0 Å². The van der Waals surface area contributed by atoms with Gasteiger partial charge in [-0.25, -0.2) is 0 Å². The van der Waals surface area contributed by atoms with Gasteiger partial charge in [-0.15, -0.1) is 0 Å². The van der Waals surface area contributed by atoms with E-state index in [1.54, 1.807) is 0 Å². The molecule has 1 unspecified atom stereocenters. The van der Waals surface area contributed by atoms with Crippen molar-refractivity contribution in [2.24, 2.45) is 0 Å².